The van der Waals surface area contributed by atoms with Gasteiger partial charge in [-0.2, -0.15) is 5.10 Å². The van der Waals surface area contributed by atoms with E-state index in [4.69, 9.17) is 9.15 Å². The normalized spacial score (nSPS) is 10.8. The van der Waals surface area contributed by atoms with E-state index in [9.17, 15) is 4.79 Å². The van der Waals surface area contributed by atoms with Crippen LogP contribution in [-0.4, -0.2) is 15.7 Å². The Morgan fingerprint density at radius 2 is 1.94 bits per heavy atom. The second-order valence-electron chi connectivity index (χ2n) is 7.82. The molecule has 1 amide bonds. The van der Waals surface area contributed by atoms with Crippen molar-refractivity contribution in [1.82, 2.24) is 9.78 Å². The molecule has 0 fully saturated rings. The Morgan fingerprint density at radius 1 is 1.09 bits per heavy atom. The number of nitrogens with one attached hydrogen (secondary N) is 1. The van der Waals surface area contributed by atoms with Gasteiger partial charge in [-0.1, -0.05) is 55.3 Å². The lowest BCUT2D eigenvalue weighted by molar-refractivity contribution is 0.0992. The molecule has 0 saturated carbocycles. The smallest absolute Gasteiger partial charge is 0.291 e. The first kappa shape index (κ1) is 21.4. The summed E-state index contributed by atoms with van der Waals surface area (Å²) in [6, 6.07) is 19.7. The molecule has 2 aromatic carbocycles. The molecule has 1 N–H and O–H groups in total. The van der Waals surface area contributed by atoms with Crippen molar-refractivity contribution in [1.29, 1.82) is 0 Å². The SMILES string of the molecule is CCCc1ccc(OCc2ccc(C(=O)Nc3cnn(Cc4cccc(C)c4)c3)o2)cc1. The predicted octanol–water partition coefficient (Wildman–Crippen LogP) is 5.62. The van der Waals surface area contributed by atoms with Gasteiger partial charge in [-0.3, -0.25) is 9.48 Å². The van der Waals surface area contributed by atoms with Crippen LogP contribution in [-0.2, 0) is 19.6 Å². The average molecular weight is 430 g/mol. The maximum atomic E-state index is 12.5. The van der Waals surface area contributed by atoms with Crippen LogP contribution in [0.1, 0.15) is 46.3 Å². The van der Waals surface area contributed by atoms with Crippen LogP contribution in [0.25, 0.3) is 0 Å². The molecule has 4 rings (SSSR count). The average Bonchev–Trinajstić information content (AvgIpc) is 3.43. The summed E-state index contributed by atoms with van der Waals surface area (Å²) in [6.45, 7) is 5.12. The van der Waals surface area contributed by atoms with Gasteiger partial charge in [-0.15, -0.1) is 0 Å². The lowest BCUT2D eigenvalue weighted by Crippen LogP contribution is -2.10. The minimum Gasteiger partial charge on any atom is -0.486 e. The van der Waals surface area contributed by atoms with Crippen LogP contribution in [0.5, 0.6) is 5.75 Å². The number of aromatic nitrogens is 2. The lowest BCUT2D eigenvalue weighted by atomic mass is 10.1. The van der Waals surface area contributed by atoms with Crippen molar-refractivity contribution in [2.45, 2.75) is 39.8 Å². The minimum absolute atomic E-state index is 0.230. The lowest BCUT2D eigenvalue weighted by Gasteiger charge is -2.05. The zero-order valence-corrected chi connectivity index (χ0v) is 18.4. The Morgan fingerprint density at radius 3 is 2.72 bits per heavy atom. The second kappa shape index (κ2) is 10.0. The second-order valence-corrected chi connectivity index (χ2v) is 7.82. The Bertz CT molecular complexity index is 1180. The van der Waals surface area contributed by atoms with Crippen molar-refractivity contribution < 1.29 is 13.9 Å². The molecular formula is C26H27N3O3. The largest absolute Gasteiger partial charge is 0.486 e. The summed E-state index contributed by atoms with van der Waals surface area (Å²) in [4.78, 5) is 12.5. The van der Waals surface area contributed by atoms with Crippen LogP contribution < -0.4 is 10.1 Å². The van der Waals surface area contributed by atoms with E-state index < -0.39 is 0 Å². The first-order valence-corrected chi connectivity index (χ1v) is 10.8. The Hall–Kier alpha value is -3.80. The fourth-order valence-corrected chi connectivity index (χ4v) is 3.48. The van der Waals surface area contributed by atoms with E-state index in [1.54, 1.807) is 29.2 Å². The fourth-order valence-electron chi connectivity index (χ4n) is 3.48. The highest BCUT2D eigenvalue weighted by atomic mass is 16.5. The quantitative estimate of drug-likeness (QED) is 0.375. The Labute approximate surface area is 187 Å². The molecule has 6 nitrogen and oxygen atoms in total. The number of furan rings is 1. The molecule has 0 aliphatic carbocycles. The number of nitrogens with zero attached hydrogens (tertiary/aromatic N) is 2. The molecule has 4 aromatic rings. The molecule has 0 aliphatic heterocycles. The van der Waals surface area contributed by atoms with Gasteiger partial charge >= 0.3 is 0 Å². The fraction of sp³-hybridized carbons (Fsp3) is 0.231. The van der Waals surface area contributed by atoms with E-state index in [1.807, 2.05) is 18.2 Å². The first-order chi connectivity index (χ1) is 15.6. The Kier molecular flexibility index (Phi) is 6.70. The van der Waals surface area contributed by atoms with Gasteiger partial charge in [0.15, 0.2) is 5.76 Å². The molecule has 2 heterocycles. The molecule has 2 aromatic heterocycles. The number of hydrogen-bond donors (Lipinski definition) is 1. The number of rotatable bonds is 9. The zero-order chi connectivity index (χ0) is 22.3. The number of carbonyl (C=O) groups is 1. The molecule has 0 spiro atoms. The van der Waals surface area contributed by atoms with Gasteiger partial charge in [0.25, 0.3) is 5.91 Å². The summed E-state index contributed by atoms with van der Waals surface area (Å²) in [5, 5.41) is 7.15. The van der Waals surface area contributed by atoms with Crippen LogP contribution in [0, 0.1) is 6.92 Å². The van der Waals surface area contributed by atoms with Gasteiger partial charge in [0, 0.05) is 6.20 Å². The third-order valence-electron chi connectivity index (χ3n) is 5.05. The summed E-state index contributed by atoms with van der Waals surface area (Å²) in [5.41, 5.74) is 4.26. The van der Waals surface area contributed by atoms with Crippen molar-refractivity contribution in [2.24, 2.45) is 0 Å². The van der Waals surface area contributed by atoms with E-state index in [-0.39, 0.29) is 18.3 Å². The highest BCUT2D eigenvalue weighted by Crippen LogP contribution is 2.17. The third kappa shape index (κ3) is 5.66. The number of amides is 1. The topological polar surface area (TPSA) is 69.3 Å². The summed E-state index contributed by atoms with van der Waals surface area (Å²) in [5.74, 6) is 1.26. The maximum Gasteiger partial charge on any atom is 0.291 e. The standard InChI is InChI=1S/C26H27N3O3/c1-3-5-20-8-10-23(11-9-20)31-18-24-12-13-25(32-24)26(30)28-22-15-27-29(17-22)16-21-7-4-6-19(2)14-21/h4,6-15,17H,3,5,16,18H2,1-2H3,(H,28,30). The number of benzene rings is 2. The van der Waals surface area contributed by atoms with Crippen molar-refractivity contribution in [2.75, 3.05) is 5.32 Å². The van der Waals surface area contributed by atoms with Gasteiger partial charge in [-0.05, 0) is 48.7 Å². The van der Waals surface area contributed by atoms with Crippen molar-refractivity contribution in [3.05, 3.63) is 101 Å². The number of hydrogen-bond acceptors (Lipinski definition) is 4. The molecule has 0 bridgehead atoms. The molecule has 32 heavy (non-hydrogen) atoms. The number of carbonyl (C=O) groups excluding carboxylic acids is 1. The Balaban J connectivity index is 1.30. The number of ether oxygens (including phenoxy) is 1. The molecular weight excluding hydrogens is 402 g/mol. The highest BCUT2D eigenvalue weighted by molar-refractivity contribution is 6.02. The van der Waals surface area contributed by atoms with E-state index in [1.165, 1.54) is 11.1 Å². The first-order valence-electron chi connectivity index (χ1n) is 10.8. The summed E-state index contributed by atoms with van der Waals surface area (Å²) >= 11 is 0. The van der Waals surface area contributed by atoms with Crippen LogP contribution >= 0.6 is 0 Å². The zero-order valence-electron chi connectivity index (χ0n) is 18.4. The van der Waals surface area contributed by atoms with Gasteiger partial charge in [0.2, 0.25) is 0 Å². The molecule has 0 atom stereocenters. The van der Waals surface area contributed by atoms with Gasteiger partial charge < -0.3 is 14.5 Å². The van der Waals surface area contributed by atoms with Gasteiger partial charge in [-0.25, -0.2) is 0 Å². The summed E-state index contributed by atoms with van der Waals surface area (Å²) in [6.07, 6.45) is 5.60. The van der Waals surface area contributed by atoms with Crippen LogP contribution in [0.15, 0.2) is 77.5 Å². The number of aryl methyl sites for hydroxylation is 2. The maximum absolute atomic E-state index is 12.5. The number of anilines is 1. The van der Waals surface area contributed by atoms with Gasteiger partial charge in [0.1, 0.15) is 18.1 Å². The van der Waals surface area contributed by atoms with E-state index >= 15 is 0 Å². The van der Waals surface area contributed by atoms with Crippen LogP contribution in [0.2, 0.25) is 0 Å². The van der Waals surface area contributed by atoms with Gasteiger partial charge in [0.05, 0.1) is 18.4 Å². The van der Waals surface area contributed by atoms with Crippen molar-refractivity contribution in [3.63, 3.8) is 0 Å². The van der Waals surface area contributed by atoms with E-state index in [0.717, 1.165) is 24.2 Å². The molecule has 0 saturated heterocycles. The minimum atomic E-state index is -0.324. The molecule has 6 heteroatoms. The highest BCUT2D eigenvalue weighted by Gasteiger charge is 2.13. The van der Waals surface area contributed by atoms with Crippen molar-refractivity contribution in [3.8, 4) is 5.75 Å². The van der Waals surface area contributed by atoms with Crippen LogP contribution in [0.3, 0.4) is 0 Å². The summed E-state index contributed by atoms with van der Waals surface area (Å²) in [7, 11) is 0. The van der Waals surface area contributed by atoms with Crippen LogP contribution in [0.4, 0.5) is 5.69 Å². The molecule has 164 valence electrons. The van der Waals surface area contributed by atoms with E-state index in [2.05, 4.69) is 54.6 Å². The van der Waals surface area contributed by atoms with E-state index in [0.29, 0.717) is 18.0 Å². The monoisotopic (exact) mass is 429 g/mol. The molecule has 0 unspecified atom stereocenters. The van der Waals surface area contributed by atoms with Crippen molar-refractivity contribution >= 4 is 11.6 Å². The molecule has 0 radical (unpaired) electrons. The predicted molar refractivity (Wildman–Crippen MR) is 124 cm³/mol. The molecule has 0 aliphatic rings. The third-order valence-corrected chi connectivity index (χ3v) is 5.05. The summed E-state index contributed by atoms with van der Waals surface area (Å²) < 4.78 is 13.2.